The Morgan fingerprint density at radius 1 is 0.483 bits per heavy atom. The van der Waals surface area contributed by atoms with Gasteiger partial charge in [0.25, 0.3) is 34.7 Å². The number of aliphatic hydroxyl groups is 2. The quantitative estimate of drug-likeness (QED) is 0.0141. The highest BCUT2D eigenvalue weighted by Crippen LogP contribution is 2.43. The molecule has 12 rings (SSSR count). The summed E-state index contributed by atoms with van der Waals surface area (Å²) in [6, 6.07) is 9.66. The number of esters is 2. The minimum atomic E-state index is -2.01. The number of imide groups is 2. The van der Waals surface area contributed by atoms with Crippen molar-refractivity contribution in [2.75, 3.05) is 80.5 Å². The average Bonchev–Trinajstić information content (AvgIpc) is 1.54. The van der Waals surface area contributed by atoms with Crippen molar-refractivity contribution in [1.82, 2.24) is 81.2 Å². The number of aromatic nitrogens is 4. The van der Waals surface area contributed by atoms with Crippen molar-refractivity contribution >= 4 is 105 Å². The summed E-state index contributed by atoms with van der Waals surface area (Å²) in [6.07, 6.45) is 1.14. The first-order valence-electron chi connectivity index (χ1n) is 38.6. The van der Waals surface area contributed by atoms with Gasteiger partial charge < -0.3 is 90.6 Å². The Bertz CT molecular complexity index is 5000. The number of rotatable bonds is 35. The molecule has 118 heavy (non-hydrogen) atoms. The highest BCUT2D eigenvalue weighted by molar-refractivity contribution is 6.13. The maximum Gasteiger partial charge on any atom is 0.412 e. The molecule has 0 fully saturated rings. The monoisotopic (exact) mass is 1630 g/mol. The molecule has 0 saturated carbocycles. The summed E-state index contributed by atoms with van der Waals surface area (Å²) >= 11 is 0. The Balaban J connectivity index is 0.634. The zero-order valence-electron chi connectivity index (χ0n) is 65.7. The summed E-state index contributed by atoms with van der Waals surface area (Å²) < 4.78 is 25.1. The average molecular weight is 1630 g/mol. The smallest absolute Gasteiger partial charge is 0.412 e. The fraction of sp³-hybridized carbons (Fsp3) is 0.425. The predicted molar refractivity (Wildman–Crippen MR) is 416 cm³/mol. The molecule has 10 heterocycles. The molecular weight excluding hydrogens is 1540 g/mol. The van der Waals surface area contributed by atoms with E-state index in [9.17, 15) is 86.9 Å². The molecule has 0 aliphatic carbocycles. The first-order chi connectivity index (χ1) is 56.4. The van der Waals surface area contributed by atoms with Crippen LogP contribution in [0.3, 0.4) is 0 Å². The third-order valence-electron chi connectivity index (χ3n) is 21.0. The summed E-state index contributed by atoms with van der Waals surface area (Å²) in [4.78, 5) is 227. The second-order valence-electron chi connectivity index (χ2n) is 29.6. The number of ether oxygens (including phenoxy) is 4. The van der Waals surface area contributed by atoms with Gasteiger partial charge in [-0.2, -0.15) is 0 Å². The lowest BCUT2D eigenvalue weighted by atomic mass is 9.86. The van der Waals surface area contributed by atoms with E-state index < -0.39 is 130 Å². The van der Waals surface area contributed by atoms with Crippen LogP contribution in [0.5, 0.6) is 11.5 Å². The van der Waals surface area contributed by atoms with E-state index in [0.29, 0.717) is 79.9 Å². The molecule has 0 radical (unpaired) electrons. The standard InChI is InChI=1S/C80H90N16O22/c1-7-79(113)51-35-55-67-43(37-95(55)73(107)49(51)41-115-75(79)109)33-45-47(39-91(3)4)57(19-17-53(45)87-67)117-77(111)85-29-27-81-59(97)13-9-25-83-71(105)69(89-61(99)15-11-31-93-63(101)21-22-64(93)102)70(90-62(100)16-12-32-94-65(103)23-24-66(94)104)72(106)84-26-10-14-60(98)82-28-30-86-78(112)118-58-20-18-54-46(48(58)40-92(5)6)34-44-38-96-56(68(44)88-54)36-52-50(74(96)108)42-116-76(110)80(52,114)8-2/h17-24,33-36,69-70,113-114H,7-16,25-32,37-42H2,1-6H3,(H,81,97)(H,82,98)(H,83,105)(H,84,106)(H,85,111)(H,86,112)(H,89,99)(H,90,100)/t69-,70-,79-,80-/m0/s1. The second-order valence-corrected chi connectivity index (χ2v) is 29.6. The van der Waals surface area contributed by atoms with Crippen LogP contribution in [0.25, 0.3) is 44.6 Å². The van der Waals surface area contributed by atoms with Crippen LogP contribution in [-0.2, 0) is 118 Å². The van der Waals surface area contributed by atoms with Gasteiger partial charge in [-0.15, -0.1) is 0 Å². The minimum Gasteiger partial charge on any atom is -0.458 e. The fourth-order valence-electron chi connectivity index (χ4n) is 14.8. The number of nitrogens with zero attached hydrogens (tertiary/aromatic N) is 8. The Kier molecular flexibility index (Phi) is 25.8. The van der Waals surface area contributed by atoms with Gasteiger partial charge in [-0.05, 0) is 115 Å². The summed E-state index contributed by atoms with van der Waals surface area (Å²) in [7, 11) is 7.29. The number of carbonyl (C=O) groups excluding carboxylic acids is 14. The molecular formula is C80H90N16O22. The van der Waals surface area contributed by atoms with Gasteiger partial charge in [0, 0.05) is 160 Å². The van der Waals surface area contributed by atoms with Gasteiger partial charge in [0.1, 0.15) is 36.8 Å². The molecule has 6 aliphatic rings. The van der Waals surface area contributed by atoms with Crippen LogP contribution in [0.4, 0.5) is 9.59 Å². The molecule has 12 amide bonds. The van der Waals surface area contributed by atoms with Crippen molar-refractivity contribution in [3.63, 3.8) is 0 Å². The number of benzene rings is 2. The summed E-state index contributed by atoms with van der Waals surface area (Å²) in [6.45, 7) is 2.36. The van der Waals surface area contributed by atoms with E-state index in [1.807, 2.05) is 50.1 Å². The molecule has 2 aromatic carbocycles. The largest absolute Gasteiger partial charge is 0.458 e. The highest BCUT2D eigenvalue weighted by atomic mass is 16.6. The van der Waals surface area contributed by atoms with Gasteiger partial charge >= 0.3 is 24.1 Å². The van der Waals surface area contributed by atoms with Crippen molar-refractivity contribution in [1.29, 1.82) is 0 Å². The normalized spacial score (nSPS) is 17.1. The van der Waals surface area contributed by atoms with Crippen molar-refractivity contribution in [3.05, 3.63) is 138 Å². The third-order valence-corrected chi connectivity index (χ3v) is 21.0. The molecule has 6 aliphatic heterocycles. The van der Waals surface area contributed by atoms with Gasteiger partial charge in [-0.25, -0.2) is 29.1 Å². The number of fused-ring (bicyclic) bond motifs is 10. The van der Waals surface area contributed by atoms with Crippen molar-refractivity contribution in [3.8, 4) is 34.3 Å². The lowest BCUT2D eigenvalue weighted by molar-refractivity contribution is -0.172. The number of hydrogen-bond donors (Lipinski definition) is 10. The van der Waals surface area contributed by atoms with Crippen LogP contribution in [0, 0.1) is 0 Å². The van der Waals surface area contributed by atoms with Crippen LogP contribution >= 0.6 is 0 Å². The molecule has 0 saturated heterocycles. The molecule has 0 spiro atoms. The van der Waals surface area contributed by atoms with Crippen molar-refractivity contribution < 1.29 is 96.3 Å². The molecule has 6 aromatic rings. The molecule has 38 nitrogen and oxygen atoms in total. The maximum absolute atomic E-state index is 14.4. The van der Waals surface area contributed by atoms with Crippen molar-refractivity contribution in [2.24, 2.45) is 0 Å². The maximum atomic E-state index is 14.4. The highest BCUT2D eigenvalue weighted by Gasteiger charge is 2.48. The number of carbonyl (C=O) groups is 14. The third kappa shape index (κ3) is 18.2. The predicted octanol–water partition coefficient (Wildman–Crippen LogP) is -0.122. The van der Waals surface area contributed by atoms with E-state index in [-0.39, 0.29) is 164 Å². The molecule has 622 valence electrons. The molecule has 10 N–H and O–H groups in total. The zero-order chi connectivity index (χ0) is 84.6. The molecule has 0 unspecified atom stereocenters. The first kappa shape index (κ1) is 84.5. The van der Waals surface area contributed by atoms with Gasteiger partial charge in [0.2, 0.25) is 35.4 Å². The summed E-state index contributed by atoms with van der Waals surface area (Å²) in [5.41, 5.74) is 1.24. The van der Waals surface area contributed by atoms with Gasteiger partial charge in [-0.3, -0.25) is 67.3 Å². The number of amides is 12. The molecule has 38 heteroatoms. The fourth-order valence-corrected chi connectivity index (χ4v) is 14.8. The number of pyridine rings is 4. The van der Waals surface area contributed by atoms with Gasteiger partial charge in [0.15, 0.2) is 11.2 Å². The number of cyclic esters (lactones) is 2. The second kappa shape index (κ2) is 36.1. The van der Waals surface area contributed by atoms with Gasteiger partial charge in [-0.1, -0.05) is 13.8 Å². The molecule has 4 aromatic heterocycles. The van der Waals surface area contributed by atoms with E-state index in [0.717, 1.165) is 34.1 Å². The zero-order valence-corrected chi connectivity index (χ0v) is 65.7. The Labute approximate surface area is 673 Å². The number of nitrogens with one attached hydrogen (secondary N) is 8. The summed E-state index contributed by atoms with van der Waals surface area (Å²) in [5, 5.41) is 44.7. The van der Waals surface area contributed by atoms with E-state index in [4.69, 9.17) is 28.9 Å². The van der Waals surface area contributed by atoms with Crippen LogP contribution in [-0.4, -0.2) is 225 Å². The summed E-state index contributed by atoms with van der Waals surface area (Å²) in [5.74, 6) is -8.43. The Morgan fingerprint density at radius 3 is 1.21 bits per heavy atom. The van der Waals surface area contributed by atoms with Gasteiger partial charge in [0.05, 0.1) is 58.0 Å². The van der Waals surface area contributed by atoms with Crippen LogP contribution in [0.2, 0.25) is 0 Å². The Morgan fingerprint density at radius 2 is 0.847 bits per heavy atom. The van der Waals surface area contributed by atoms with Crippen molar-refractivity contribution in [2.45, 2.75) is 141 Å². The lowest BCUT2D eigenvalue weighted by Crippen LogP contribution is -2.63. The van der Waals surface area contributed by atoms with Crippen LogP contribution in [0.1, 0.15) is 123 Å². The molecule has 4 atom stereocenters. The van der Waals surface area contributed by atoms with Crippen LogP contribution < -0.4 is 63.1 Å². The lowest BCUT2D eigenvalue weighted by Gasteiger charge is -2.31. The topological polar surface area (TPSA) is 495 Å². The first-order valence-corrected chi connectivity index (χ1v) is 38.6. The van der Waals surface area contributed by atoms with Crippen LogP contribution in [0.15, 0.2) is 82.4 Å². The van der Waals surface area contributed by atoms with E-state index >= 15 is 0 Å². The Hall–Kier alpha value is -12.9. The SMILES string of the molecule is CC[C@@]1(O)C(=O)OCc2c1cc1n(c2=O)Cc2cc3c(CN(C)C)c(OC(=O)NCCNC(=O)CCCNC(=O)[C@@H](NC(=O)CCCN4C(=O)C=CC4=O)[C@H](NC(=O)CCCN4C(=O)C=CC4=O)C(=O)NCCCC(=O)NCCNC(=O)Oc4ccc5nc6c(cc5c4CN(C)C)Cn4c-6cc5c(c4=O)COC(=O)[C@]5(O)CC)ccc3nc2-1. The van der Waals surface area contributed by atoms with E-state index in [1.165, 1.54) is 9.13 Å². The van der Waals surface area contributed by atoms with E-state index in [2.05, 4.69) is 42.5 Å². The molecule has 0 bridgehead atoms. The van der Waals surface area contributed by atoms with E-state index in [1.54, 1.807) is 50.2 Å². The number of hydrogen-bond acceptors (Lipinski definition) is 26. The minimum absolute atomic E-state index is 0.0162.